The third-order valence-corrected chi connectivity index (χ3v) is 10.9. The van der Waals surface area contributed by atoms with Crippen molar-refractivity contribution in [1.82, 2.24) is 0 Å². The van der Waals surface area contributed by atoms with Crippen molar-refractivity contribution in [2.75, 3.05) is 4.57 Å². The summed E-state index contributed by atoms with van der Waals surface area (Å²) in [6, 6.07) is 10.9. The van der Waals surface area contributed by atoms with Crippen molar-refractivity contribution >= 4 is 36.0 Å². The van der Waals surface area contributed by atoms with E-state index in [1.54, 1.807) is 11.1 Å². The van der Waals surface area contributed by atoms with Crippen molar-refractivity contribution < 1.29 is 4.43 Å². The normalized spacial score (nSPS) is 18.0. The van der Waals surface area contributed by atoms with E-state index in [2.05, 4.69) is 136 Å². The molecular formula is C28H50NOPSi2. The van der Waals surface area contributed by atoms with Crippen LogP contribution < -0.4 is 4.57 Å². The molecule has 0 saturated heterocycles. The quantitative estimate of drug-likeness (QED) is 0.218. The van der Waals surface area contributed by atoms with Crippen LogP contribution in [0.5, 0.6) is 0 Å². The molecule has 1 aliphatic carbocycles. The van der Waals surface area contributed by atoms with Gasteiger partial charge in [0.05, 0.1) is 5.16 Å². The number of allylic oxidation sites excluding steroid dienone is 2. The maximum Gasteiger partial charge on any atom is 0.193 e. The number of para-hydroxylation sites is 1. The fourth-order valence-electron chi connectivity index (χ4n) is 5.03. The Balaban J connectivity index is 2.89. The van der Waals surface area contributed by atoms with E-state index in [4.69, 9.17) is 4.43 Å². The van der Waals surface area contributed by atoms with E-state index in [-0.39, 0.29) is 21.4 Å². The lowest BCUT2D eigenvalue weighted by atomic mass is 9.77. The first-order valence-electron chi connectivity index (χ1n) is 12.4. The summed E-state index contributed by atoms with van der Waals surface area (Å²) in [5, 5.41) is 0.00512. The lowest BCUT2D eigenvalue weighted by molar-refractivity contribution is 0.342. The molecule has 0 amide bonds. The van der Waals surface area contributed by atoms with Gasteiger partial charge in [-0.1, -0.05) is 100 Å². The topological polar surface area (TPSA) is 12.5 Å². The van der Waals surface area contributed by atoms with Gasteiger partial charge in [0.1, 0.15) is 0 Å². The summed E-state index contributed by atoms with van der Waals surface area (Å²) in [5.74, 6) is 0. The smallest absolute Gasteiger partial charge is 0.193 e. The SMILES string of the molecule is CC(C)(C)C1=C(C(C)(C)C)C1(P=C(O[Si](C)(C)C)N(c1ccccc1)[Si](C)(C)C)C(C)(C)C. The zero-order valence-corrected chi connectivity index (χ0v) is 27.1. The molecule has 0 fully saturated rings. The Bertz CT molecular complexity index is 890. The monoisotopic (exact) mass is 503 g/mol. The van der Waals surface area contributed by atoms with Crippen LogP contribution in [0.3, 0.4) is 0 Å². The summed E-state index contributed by atoms with van der Waals surface area (Å²) in [4.78, 5) is 0. The second kappa shape index (κ2) is 8.77. The molecule has 2 nitrogen and oxygen atoms in total. The molecule has 0 saturated carbocycles. The predicted octanol–water partition coefficient (Wildman–Crippen LogP) is 9.40. The van der Waals surface area contributed by atoms with Gasteiger partial charge in [0.25, 0.3) is 0 Å². The Morgan fingerprint density at radius 3 is 1.48 bits per heavy atom. The minimum atomic E-state index is -1.84. The molecule has 0 unspecified atom stereocenters. The van der Waals surface area contributed by atoms with Crippen LogP contribution in [0.15, 0.2) is 41.5 Å². The van der Waals surface area contributed by atoms with Crippen molar-refractivity contribution in [2.45, 2.75) is 107 Å². The molecule has 186 valence electrons. The van der Waals surface area contributed by atoms with E-state index in [0.717, 1.165) is 5.60 Å². The zero-order valence-electron chi connectivity index (χ0n) is 24.2. The van der Waals surface area contributed by atoms with Crippen LogP contribution in [0, 0.1) is 16.2 Å². The molecule has 0 N–H and O–H groups in total. The highest BCUT2D eigenvalue weighted by Crippen LogP contribution is 2.73. The van der Waals surface area contributed by atoms with Gasteiger partial charge in [0.2, 0.25) is 0 Å². The number of hydrogen-bond acceptors (Lipinski definition) is 1. The molecule has 5 heteroatoms. The van der Waals surface area contributed by atoms with Gasteiger partial charge in [-0.3, -0.25) is 0 Å². The maximum atomic E-state index is 7.05. The van der Waals surface area contributed by atoms with Crippen molar-refractivity contribution in [3.63, 3.8) is 0 Å². The molecule has 0 spiro atoms. The van der Waals surface area contributed by atoms with Crippen LogP contribution in [-0.2, 0) is 4.43 Å². The Hall–Kier alpha value is -0.676. The first-order chi connectivity index (χ1) is 14.5. The van der Waals surface area contributed by atoms with Gasteiger partial charge in [0, 0.05) is 5.69 Å². The maximum absolute atomic E-state index is 7.05. The highest BCUT2D eigenvalue weighted by Gasteiger charge is 2.65. The Labute approximate surface area is 209 Å². The summed E-state index contributed by atoms with van der Waals surface area (Å²) in [6.45, 7) is 35.9. The van der Waals surface area contributed by atoms with E-state index >= 15 is 0 Å². The predicted molar refractivity (Wildman–Crippen MR) is 157 cm³/mol. The lowest BCUT2D eigenvalue weighted by Gasteiger charge is -2.42. The molecule has 0 bridgehead atoms. The molecule has 0 atom stereocenters. The Morgan fingerprint density at radius 2 is 1.18 bits per heavy atom. The first kappa shape index (κ1) is 28.6. The van der Waals surface area contributed by atoms with Gasteiger partial charge < -0.3 is 8.99 Å². The third kappa shape index (κ3) is 6.12. The second-order valence-corrected chi connectivity index (χ2v) is 25.2. The molecule has 0 aromatic heterocycles. The molecular weight excluding hydrogens is 453 g/mol. The number of anilines is 1. The van der Waals surface area contributed by atoms with Crippen LogP contribution in [0.2, 0.25) is 39.3 Å². The number of rotatable bonds is 6. The van der Waals surface area contributed by atoms with Crippen molar-refractivity contribution in [3.8, 4) is 0 Å². The van der Waals surface area contributed by atoms with Gasteiger partial charge in [0.15, 0.2) is 22.2 Å². The van der Waals surface area contributed by atoms with E-state index in [9.17, 15) is 0 Å². The molecule has 2 rings (SSSR count). The Morgan fingerprint density at radius 1 is 0.758 bits per heavy atom. The molecule has 1 aromatic rings. The number of nitrogens with zero attached hydrogens (tertiary/aromatic N) is 1. The molecule has 0 heterocycles. The van der Waals surface area contributed by atoms with E-state index in [1.807, 2.05) is 0 Å². The fraction of sp³-hybridized carbons (Fsp3) is 0.679. The van der Waals surface area contributed by atoms with E-state index < -0.39 is 16.6 Å². The molecule has 33 heavy (non-hydrogen) atoms. The van der Waals surface area contributed by atoms with Crippen LogP contribution in [0.1, 0.15) is 62.3 Å². The number of hydrogen-bond donors (Lipinski definition) is 0. The fourth-order valence-corrected chi connectivity index (χ4v) is 11.3. The van der Waals surface area contributed by atoms with Gasteiger partial charge in [-0.25, -0.2) is 0 Å². The molecule has 1 aromatic carbocycles. The molecule has 0 aliphatic heterocycles. The largest absolute Gasteiger partial charge is 0.370 e. The van der Waals surface area contributed by atoms with Gasteiger partial charge in [-0.15, -0.1) is 0 Å². The van der Waals surface area contributed by atoms with Crippen LogP contribution >= 0.6 is 8.20 Å². The van der Waals surface area contributed by atoms with Crippen LogP contribution in [0.4, 0.5) is 5.69 Å². The van der Waals surface area contributed by atoms with Crippen LogP contribution in [0.25, 0.3) is 0 Å². The average Bonchev–Trinajstić information content (AvgIpc) is 3.24. The minimum absolute atomic E-state index is 0.00512. The van der Waals surface area contributed by atoms with Crippen molar-refractivity contribution in [2.24, 2.45) is 16.2 Å². The van der Waals surface area contributed by atoms with E-state index in [0.29, 0.717) is 0 Å². The summed E-state index contributed by atoms with van der Waals surface area (Å²) < 4.78 is 9.65. The summed E-state index contributed by atoms with van der Waals surface area (Å²) in [7, 11) is -2.33. The average molecular weight is 504 g/mol. The second-order valence-electron chi connectivity index (χ2n) is 14.7. The third-order valence-electron chi connectivity index (χ3n) is 6.03. The van der Waals surface area contributed by atoms with E-state index in [1.165, 1.54) is 13.9 Å². The summed E-state index contributed by atoms with van der Waals surface area (Å²) in [6.07, 6.45) is 0. The molecule has 1 aliphatic rings. The number of benzene rings is 1. The van der Waals surface area contributed by atoms with Crippen LogP contribution in [-0.4, -0.2) is 27.3 Å². The standard InChI is InChI=1S/C28H50NOPSi2/c1-25(2,3)22-23(26(4,5)6)28(22,27(7,8)9)31-24(30-33(13,14)15)29(32(10,11)12)21-19-17-16-18-20-21/h16-20H,1-15H3. The molecule has 0 radical (unpaired) electrons. The first-order valence-corrected chi connectivity index (χ1v) is 20.2. The van der Waals surface area contributed by atoms with Gasteiger partial charge in [-0.2, -0.15) is 0 Å². The highest BCUT2D eigenvalue weighted by molar-refractivity contribution is 7.44. The highest BCUT2D eigenvalue weighted by atomic mass is 31.1. The van der Waals surface area contributed by atoms with Crippen molar-refractivity contribution in [3.05, 3.63) is 41.5 Å². The lowest BCUT2D eigenvalue weighted by Crippen LogP contribution is -2.53. The summed E-state index contributed by atoms with van der Waals surface area (Å²) in [5.41, 5.74) is 6.05. The minimum Gasteiger partial charge on any atom is -0.370 e. The Kier molecular flexibility index (Phi) is 7.59. The zero-order chi connectivity index (χ0) is 25.8. The summed E-state index contributed by atoms with van der Waals surface area (Å²) >= 11 is 0. The van der Waals surface area contributed by atoms with Crippen molar-refractivity contribution in [1.29, 1.82) is 0 Å². The van der Waals surface area contributed by atoms with Gasteiger partial charge >= 0.3 is 0 Å². The van der Waals surface area contributed by atoms with Gasteiger partial charge in [-0.05, 0) is 67.4 Å².